The molecule has 0 aromatic heterocycles. The van der Waals surface area contributed by atoms with Gasteiger partial charge in [0.2, 0.25) is 6.79 Å². The molecule has 2 aromatic carbocycles. The van der Waals surface area contributed by atoms with Gasteiger partial charge in [0, 0.05) is 23.9 Å². The molecule has 3 rings (SSSR count). The lowest BCUT2D eigenvalue weighted by Crippen LogP contribution is -2.30. The third-order valence-corrected chi connectivity index (χ3v) is 3.76. The highest BCUT2D eigenvalue weighted by atomic mass is 16.7. The van der Waals surface area contributed by atoms with Crippen molar-refractivity contribution in [3.05, 3.63) is 52.1 Å². The maximum atomic E-state index is 12.2. The Labute approximate surface area is 153 Å². The van der Waals surface area contributed by atoms with Crippen molar-refractivity contribution in [1.82, 2.24) is 0 Å². The Kier molecular flexibility index (Phi) is 4.79. The molecule has 0 saturated heterocycles. The number of nitrogens with zero attached hydrogens (tertiary/aromatic N) is 1. The second-order valence-corrected chi connectivity index (χ2v) is 5.63. The van der Waals surface area contributed by atoms with Gasteiger partial charge in [-0.1, -0.05) is 0 Å². The summed E-state index contributed by atoms with van der Waals surface area (Å²) in [4.78, 5) is 34.5. The van der Waals surface area contributed by atoms with Gasteiger partial charge in [0.05, 0.1) is 16.2 Å². The van der Waals surface area contributed by atoms with Gasteiger partial charge >= 0.3 is 5.97 Å². The number of ether oxygens (including phenoxy) is 3. The Morgan fingerprint density at radius 3 is 2.67 bits per heavy atom. The first-order valence-electron chi connectivity index (χ1n) is 7.80. The zero-order valence-electron chi connectivity index (χ0n) is 14.1. The van der Waals surface area contributed by atoms with E-state index in [0.29, 0.717) is 17.2 Å². The number of carbonyl (C=O) groups is 2. The smallest absolute Gasteiger partial charge is 0.341 e. The SMILES string of the molecule is C[C@@H](OC(=O)c1ccc([N+](=O)[O-])cc1N)C(=O)Nc1ccc2c(c1)OCO2. The van der Waals surface area contributed by atoms with Crippen molar-refractivity contribution in [1.29, 1.82) is 0 Å². The van der Waals surface area contributed by atoms with E-state index in [-0.39, 0.29) is 23.7 Å². The predicted octanol–water partition coefficient (Wildman–Crippen LogP) is 2.09. The van der Waals surface area contributed by atoms with Gasteiger partial charge < -0.3 is 25.3 Å². The number of amides is 1. The number of benzene rings is 2. The summed E-state index contributed by atoms with van der Waals surface area (Å²) >= 11 is 0. The van der Waals surface area contributed by atoms with Crippen molar-refractivity contribution in [3.8, 4) is 11.5 Å². The van der Waals surface area contributed by atoms with E-state index in [9.17, 15) is 19.7 Å². The van der Waals surface area contributed by atoms with Crippen LogP contribution in [-0.4, -0.2) is 29.7 Å². The lowest BCUT2D eigenvalue weighted by molar-refractivity contribution is -0.384. The maximum absolute atomic E-state index is 12.2. The molecule has 10 heteroatoms. The molecule has 1 atom stereocenters. The van der Waals surface area contributed by atoms with Crippen LogP contribution in [-0.2, 0) is 9.53 Å². The van der Waals surface area contributed by atoms with Gasteiger partial charge in [-0.2, -0.15) is 0 Å². The number of nitrogen functional groups attached to an aromatic ring is 1. The summed E-state index contributed by atoms with van der Waals surface area (Å²) in [6, 6.07) is 8.21. The second kappa shape index (κ2) is 7.20. The molecule has 1 amide bonds. The lowest BCUT2D eigenvalue weighted by atomic mass is 10.1. The van der Waals surface area contributed by atoms with Crippen LogP contribution < -0.4 is 20.5 Å². The third-order valence-electron chi connectivity index (χ3n) is 3.76. The minimum absolute atomic E-state index is 0.0664. The van der Waals surface area contributed by atoms with Crippen LogP contribution in [0.25, 0.3) is 0 Å². The minimum atomic E-state index is -1.13. The standard InChI is InChI=1S/C17H15N3O7/c1-9(16(21)19-10-2-5-14-15(6-10)26-8-25-14)27-17(22)12-4-3-11(20(23)24)7-13(12)18/h2-7,9H,8,18H2,1H3,(H,19,21)/t9-/m1/s1. The van der Waals surface area contributed by atoms with Crippen LogP contribution >= 0.6 is 0 Å². The van der Waals surface area contributed by atoms with Gasteiger partial charge in [-0.3, -0.25) is 14.9 Å². The topological polar surface area (TPSA) is 143 Å². The maximum Gasteiger partial charge on any atom is 0.341 e. The fourth-order valence-corrected chi connectivity index (χ4v) is 2.35. The fraction of sp³-hybridized carbons (Fsp3) is 0.176. The molecule has 27 heavy (non-hydrogen) atoms. The molecule has 0 aliphatic carbocycles. The monoisotopic (exact) mass is 373 g/mol. The van der Waals surface area contributed by atoms with Gasteiger partial charge in [0.15, 0.2) is 17.6 Å². The van der Waals surface area contributed by atoms with Crippen molar-refractivity contribution in [3.63, 3.8) is 0 Å². The first-order valence-corrected chi connectivity index (χ1v) is 7.80. The lowest BCUT2D eigenvalue weighted by Gasteiger charge is -2.14. The number of fused-ring (bicyclic) bond motifs is 1. The molecule has 1 aliphatic rings. The van der Waals surface area contributed by atoms with E-state index in [0.717, 1.165) is 12.1 Å². The number of rotatable bonds is 5. The predicted molar refractivity (Wildman–Crippen MR) is 93.6 cm³/mol. The normalized spacial score (nSPS) is 12.9. The quantitative estimate of drug-likeness (QED) is 0.351. The van der Waals surface area contributed by atoms with Crippen LogP contribution in [0.5, 0.6) is 11.5 Å². The summed E-state index contributed by atoms with van der Waals surface area (Å²) in [7, 11) is 0. The van der Waals surface area contributed by atoms with Crippen molar-refractivity contribution in [2.45, 2.75) is 13.0 Å². The number of nitrogens with one attached hydrogen (secondary N) is 1. The van der Waals surface area contributed by atoms with Crippen LogP contribution in [0.1, 0.15) is 17.3 Å². The van der Waals surface area contributed by atoms with Crippen molar-refractivity contribution >= 4 is 28.9 Å². The van der Waals surface area contributed by atoms with E-state index in [1.54, 1.807) is 18.2 Å². The number of esters is 1. The molecular formula is C17H15N3O7. The molecule has 0 bridgehead atoms. The number of carbonyl (C=O) groups excluding carboxylic acids is 2. The number of nitrogens with two attached hydrogens (primary N) is 1. The summed E-state index contributed by atoms with van der Waals surface area (Å²) in [5.74, 6) is -0.365. The Bertz CT molecular complexity index is 929. The van der Waals surface area contributed by atoms with Crippen molar-refractivity contribution in [2.24, 2.45) is 0 Å². The molecule has 0 spiro atoms. The number of non-ortho nitro benzene ring substituents is 1. The summed E-state index contributed by atoms with van der Waals surface area (Å²) in [5.41, 5.74) is 5.67. The first kappa shape index (κ1) is 18.0. The fourth-order valence-electron chi connectivity index (χ4n) is 2.35. The summed E-state index contributed by atoms with van der Waals surface area (Å²) in [5, 5.41) is 13.3. The highest BCUT2D eigenvalue weighted by Gasteiger charge is 2.22. The third kappa shape index (κ3) is 3.89. The summed E-state index contributed by atoms with van der Waals surface area (Å²) in [6.45, 7) is 1.50. The van der Waals surface area contributed by atoms with Crippen LogP contribution in [0.15, 0.2) is 36.4 Å². The second-order valence-electron chi connectivity index (χ2n) is 5.63. The van der Waals surface area contributed by atoms with Crippen molar-refractivity contribution < 1.29 is 28.7 Å². The van der Waals surface area contributed by atoms with E-state index in [1.807, 2.05) is 0 Å². The minimum Gasteiger partial charge on any atom is -0.454 e. The molecule has 1 heterocycles. The van der Waals surface area contributed by atoms with Crippen LogP contribution in [0.3, 0.4) is 0 Å². The van der Waals surface area contributed by atoms with Crippen LogP contribution in [0.4, 0.5) is 17.1 Å². The number of hydrogen-bond donors (Lipinski definition) is 2. The Morgan fingerprint density at radius 2 is 1.96 bits per heavy atom. The summed E-state index contributed by atoms with van der Waals surface area (Å²) in [6.07, 6.45) is -1.13. The molecule has 0 saturated carbocycles. The first-order chi connectivity index (χ1) is 12.8. The zero-order chi connectivity index (χ0) is 19.6. The largest absolute Gasteiger partial charge is 0.454 e. The number of nitro groups is 1. The zero-order valence-corrected chi connectivity index (χ0v) is 14.1. The molecule has 140 valence electrons. The highest BCUT2D eigenvalue weighted by molar-refractivity contribution is 5.99. The van der Waals surface area contributed by atoms with E-state index < -0.39 is 22.9 Å². The Hall–Kier alpha value is -3.82. The van der Waals surface area contributed by atoms with E-state index in [4.69, 9.17) is 19.9 Å². The average molecular weight is 373 g/mol. The van der Waals surface area contributed by atoms with Gasteiger partial charge in [-0.25, -0.2) is 4.79 Å². The van der Waals surface area contributed by atoms with E-state index in [2.05, 4.69) is 5.32 Å². The molecule has 0 unspecified atom stereocenters. The van der Waals surface area contributed by atoms with Crippen LogP contribution in [0.2, 0.25) is 0 Å². The molecule has 10 nitrogen and oxygen atoms in total. The Balaban J connectivity index is 1.64. The van der Waals surface area contributed by atoms with Gasteiger partial charge in [-0.05, 0) is 25.1 Å². The van der Waals surface area contributed by atoms with Gasteiger partial charge in [-0.15, -0.1) is 0 Å². The number of anilines is 2. The van der Waals surface area contributed by atoms with Crippen molar-refractivity contribution in [2.75, 3.05) is 17.8 Å². The molecule has 0 radical (unpaired) electrons. The molecule has 2 aromatic rings. The van der Waals surface area contributed by atoms with E-state index >= 15 is 0 Å². The van der Waals surface area contributed by atoms with Gasteiger partial charge in [0.1, 0.15) is 0 Å². The number of nitro benzene ring substituents is 1. The number of hydrogen-bond acceptors (Lipinski definition) is 8. The highest BCUT2D eigenvalue weighted by Crippen LogP contribution is 2.34. The Morgan fingerprint density at radius 1 is 1.22 bits per heavy atom. The molecule has 3 N–H and O–H groups in total. The van der Waals surface area contributed by atoms with Crippen LogP contribution in [0, 0.1) is 10.1 Å². The van der Waals surface area contributed by atoms with E-state index in [1.165, 1.54) is 13.0 Å². The average Bonchev–Trinajstić information content (AvgIpc) is 3.09. The summed E-state index contributed by atoms with van der Waals surface area (Å²) < 4.78 is 15.5. The molecule has 0 fully saturated rings. The van der Waals surface area contributed by atoms with Gasteiger partial charge in [0.25, 0.3) is 11.6 Å². The molecule has 1 aliphatic heterocycles. The molecular weight excluding hydrogens is 358 g/mol.